The molecule has 0 spiro atoms. The molecule has 0 saturated carbocycles. The van der Waals surface area contributed by atoms with E-state index in [1.165, 1.54) is 5.56 Å². The lowest BCUT2D eigenvalue weighted by Gasteiger charge is -2.13. The lowest BCUT2D eigenvalue weighted by Crippen LogP contribution is -2.27. The minimum atomic E-state index is 0.0346. The van der Waals surface area contributed by atoms with E-state index in [0.717, 1.165) is 22.7 Å². The third kappa shape index (κ3) is 4.35. The number of amides is 1. The number of nitrogens with one attached hydrogen (secondary N) is 1. The number of hydrogen-bond donors (Lipinski definition) is 1. The van der Waals surface area contributed by atoms with E-state index >= 15 is 0 Å². The highest BCUT2D eigenvalue weighted by molar-refractivity contribution is 5.77. The second kappa shape index (κ2) is 8.69. The van der Waals surface area contributed by atoms with Crippen molar-refractivity contribution in [3.05, 3.63) is 90.4 Å². The van der Waals surface area contributed by atoms with E-state index in [0.29, 0.717) is 19.4 Å². The Morgan fingerprint density at radius 3 is 2.48 bits per heavy atom. The van der Waals surface area contributed by atoms with Gasteiger partial charge in [0.1, 0.15) is 11.3 Å². The Balaban J connectivity index is 1.45. The Morgan fingerprint density at radius 2 is 1.72 bits per heavy atom. The Bertz CT molecular complexity index is 1090. The van der Waals surface area contributed by atoms with E-state index in [9.17, 15) is 4.79 Å². The minimum Gasteiger partial charge on any atom is -0.355 e. The molecule has 1 N–H and O–H groups in total. The molecule has 5 heteroatoms. The molecule has 4 rings (SSSR count). The number of aryl methyl sites for hydroxylation is 1. The van der Waals surface area contributed by atoms with Crippen LogP contribution in [0.3, 0.4) is 0 Å². The molecule has 0 bridgehead atoms. The van der Waals surface area contributed by atoms with Crippen molar-refractivity contribution in [2.24, 2.45) is 0 Å². The molecule has 0 radical (unpaired) electrons. The molecule has 0 fully saturated rings. The van der Waals surface area contributed by atoms with Crippen molar-refractivity contribution in [3.8, 4) is 5.69 Å². The van der Waals surface area contributed by atoms with E-state index in [2.05, 4.69) is 29.4 Å². The molecule has 29 heavy (non-hydrogen) atoms. The number of rotatable bonds is 7. The summed E-state index contributed by atoms with van der Waals surface area (Å²) in [5.74, 6) is 1.15. The van der Waals surface area contributed by atoms with Crippen LogP contribution in [-0.4, -0.2) is 27.0 Å². The van der Waals surface area contributed by atoms with Gasteiger partial charge in [0.05, 0.1) is 0 Å². The Labute approximate surface area is 170 Å². The van der Waals surface area contributed by atoms with E-state index in [4.69, 9.17) is 4.98 Å². The second-order valence-corrected chi connectivity index (χ2v) is 7.16. The summed E-state index contributed by atoms with van der Waals surface area (Å²) in [7, 11) is 0. The van der Waals surface area contributed by atoms with Crippen molar-refractivity contribution in [2.75, 3.05) is 6.54 Å². The van der Waals surface area contributed by atoms with Crippen LogP contribution in [0.4, 0.5) is 0 Å². The first-order chi connectivity index (χ1) is 14.2. The number of fused-ring (bicyclic) bond motifs is 1. The van der Waals surface area contributed by atoms with Crippen LogP contribution in [0.25, 0.3) is 16.9 Å². The maximum atomic E-state index is 12.5. The fraction of sp³-hybridized carbons (Fsp3) is 0.208. The lowest BCUT2D eigenvalue weighted by atomic mass is 10.0. The number of nitrogens with zero attached hydrogens (tertiary/aromatic N) is 3. The van der Waals surface area contributed by atoms with Gasteiger partial charge < -0.3 is 5.32 Å². The summed E-state index contributed by atoms with van der Waals surface area (Å²) in [6, 6.07) is 24.1. The Morgan fingerprint density at radius 1 is 1.00 bits per heavy atom. The van der Waals surface area contributed by atoms with Gasteiger partial charge in [-0.3, -0.25) is 9.36 Å². The van der Waals surface area contributed by atoms with Gasteiger partial charge in [0.2, 0.25) is 5.91 Å². The highest BCUT2D eigenvalue weighted by Crippen LogP contribution is 2.20. The molecular formula is C24H24N4O. The summed E-state index contributed by atoms with van der Waals surface area (Å²) >= 11 is 0. The Hall–Kier alpha value is -3.47. The highest BCUT2D eigenvalue weighted by atomic mass is 16.1. The van der Waals surface area contributed by atoms with Crippen molar-refractivity contribution in [3.63, 3.8) is 0 Å². The lowest BCUT2D eigenvalue weighted by molar-refractivity contribution is -0.121. The number of carbonyl (C=O) groups is 1. The third-order valence-corrected chi connectivity index (χ3v) is 5.05. The van der Waals surface area contributed by atoms with Gasteiger partial charge in [0.25, 0.3) is 0 Å². The van der Waals surface area contributed by atoms with E-state index in [-0.39, 0.29) is 11.8 Å². The zero-order chi connectivity index (χ0) is 20.1. The van der Waals surface area contributed by atoms with Gasteiger partial charge >= 0.3 is 0 Å². The molecule has 2 aromatic heterocycles. The van der Waals surface area contributed by atoms with Crippen molar-refractivity contribution >= 4 is 17.1 Å². The molecule has 5 nitrogen and oxygen atoms in total. The summed E-state index contributed by atoms with van der Waals surface area (Å²) in [6.07, 6.45) is 2.71. The van der Waals surface area contributed by atoms with Crippen molar-refractivity contribution in [2.45, 2.75) is 25.7 Å². The zero-order valence-corrected chi connectivity index (χ0v) is 16.5. The highest BCUT2D eigenvalue weighted by Gasteiger charge is 2.15. The smallest absolute Gasteiger partial charge is 0.220 e. The van der Waals surface area contributed by atoms with Crippen LogP contribution >= 0.6 is 0 Å². The SMILES string of the molecule is C[C@@H](CNC(=O)CCc1nc2cccnc2n1-c1ccccc1)c1ccccc1. The predicted octanol–water partition coefficient (Wildman–Crippen LogP) is 4.27. The molecule has 4 aromatic rings. The first-order valence-electron chi connectivity index (χ1n) is 9.92. The van der Waals surface area contributed by atoms with Crippen LogP contribution < -0.4 is 5.32 Å². The Kier molecular flexibility index (Phi) is 5.66. The molecule has 1 amide bonds. The summed E-state index contributed by atoms with van der Waals surface area (Å²) in [5, 5.41) is 3.05. The van der Waals surface area contributed by atoms with Gasteiger partial charge in [0.15, 0.2) is 5.65 Å². The summed E-state index contributed by atoms with van der Waals surface area (Å²) in [5.41, 5.74) is 3.88. The molecule has 2 aromatic carbocycles. The molecular weight excluding hydrogens is 360 g/mol. The molecule has 0 aliphatic carbocycles. The average Bonchev–Trinajstić information content (AvgIpc) is 3.15. The second-order valence-electron chi connectivity index (χ2n) is 7.16. The topological polar surface area (TPSA) is 59.8 Å². The largest absolute Gasteiger partial charge is 0.355 e. The number of aromatic nitrogens is 3. The van der Waals surface area contributed by atoms with E-state index in [1.54, 1.807) is 6.20 Å². The van der Waals surface area contributed by atoms with Crippen LogP contribution in [-0.2, 0) is 11.2 Å². The molecule has 2 heterocycles. The van der Waals surface area contributed by atoms with Crippen molar-refractivity contribution in [1.82, 2.24) is 19.9 Å². The maximum Gasteiger partial charge on any atom is 0.220 e. The molecule has 0 aliphatic heterocycles. The molecule has 0 unspecified atom stereocenters. The molecule has 0 saturated heterocycles. The van der Waals surface area contributed by atoms with Crippen LogP contribution in [0, 0.1) is 0 Å². The van der Waals surface area contributed by atoms with Crippen LogP contribution in [0.15, 0.2) is 79.0 Å². The molecule has 0 aliphatic rings. The van der Waals surface area contributed by atoms with Crippen molar-refractivity contribution < 1.29 is 4.79 Å². The monoisotopic (exact) mass is 384 g/mol. The zero-order valence-electron chi connectivity index (χ0n) is 16.5. The van der Waals surface area contributed by atoms with Gasteiger partial charge in [0, 0.05) is 31.3 Å². The fourth-order valence-corrected chi connectivity index (χ4v) is 3.46. The first-order valence-corrected chi connectivity index (χ1v) is 9.92. The van der Waals surface area contributed by atoms with Gasteiger partial charge in [-0.05, 0) is 35.7 Å². The standard InChI is InChI=1S/C24H24N4O/c1-18(19-9-4-2-5-10-19)17-26-23(29)15-14-22-27-21-13-8-16-25-24(21)28(22)20-11-6-3-7-12-20/h2-13,16,18H,14-15,17H2,1H3,(H,26,29)/t18-/m0/s1. The number of carbonyl (C=O) groups excluding carboxylic acids is 1. The fourth-order valence-electron chi connectivity index (χ4n) is 3.46. The predicted molar refractivity (Wildman–Crippen MR) is 115 cm³/mol. The molecule has 146 valence electrons. The van der Waals surface area contributed by atoms with Crippen LogP contribution in [0.2, 0.25) is 0 Å². The summed E-state index contributed by atoms with van der Waals surface area (Å²) in [6.45, 7) is 2.75. The number of hydrogen-bond acceptors (Lipinski definition) is 3. The van der Waals surface area contributed by atoms with E-state index < -0.39 is 0 Å². The summed E-state index contributed by atoms with van der Waals surface area (Å²) in [4.78, 5) is 21.7. The van der Waals surface area contributed by atoms with Crippen LogP contribution in [0.5, 0.6) is 0 Å². The number of para-hydroxylation sites is 1. The van der Waals surface area contributed by atoms with E-state index in [1.807, 2.05) is 65.2 Å². The number of imidazole rings is 1. The van der Waals surface area contributed by atoms with Crippen LogP contribution in [0.1, 0.15) is 30.7 Å². The molecule has 1 atom stereocenters. The van der Waals surface area contributed by atoms with Gasteiger partial charge in [-0.1, -0.05) is 55.5 Å². The quantitative estimate of drug-likeness (QED) is 0.518. The summed E-state index contributed by atoms with van der Waals surface area (Å²) < 4.78 is 2.04. The normalized spacial score (nSPS) is 12.0. The maximum absolute atomic E-state index is 12.5. The third-order valence-electron chi connectivity index (χ3n) is 5.05. The van der Waals surface area contributed by atoms with Gasteiger partial charge in [-0.25, -0.2) is 9.97 Å². The minimum absolute atomic E-state index is 0.0346. The first kappa shape index (κ1) is 18.9. The average molecular weight is 384 g/mol. The van der Waals surface area contributed by atoms with Gasteiger partial charge in [-0.15, -0.1) is 0 Å². The van der Waals surface area contributed by atoms with Gasteiger partial charge in [-0.2, -0.15) is 0 Å². The number of pyridine rings is 1. The van der Waals surface area contributed by atoms with Crippen molar-refractivity contribution in [1.29, 1.82) is 0 Å². The number of benzene rings is 2.